The third-order valence-corrected chi connectivity index (χ3v) is 5.90. The van der Waals surface area contributed by atoms with Gasteiger partial charge in [-0.25, -0.2) is 4.79 Å². The number of amides is 3. The number of ether oxygens (including phenoxy) is 2. The zero-order valence-electron chi connectivity index (χ0n) is 16.5. The van der Waals surface area contributed by atoms with E-state index in [2.05, 4.69) is 10.6 Å². The molecular formula is C21H25N3O4S. The van der Waals surface area contributed by atoms with Crippen molar-refractivity contribution in [1.82, 2.24) is 10.2 Å². The number of carbonyl (C=O) groups is 2. The Morgan fingerprint density at radius 3 is 2.55 bits per heavy atom. The first-order valence-electron chi connectivity index (χ1n) is 9.31. The van der Waals surface area contributed by atoms with E-state index in [0.29, 0.717) is 30.3 Å². The Labute approximate surface area is 174 Å². The van der Waals surface area contributed by atoms with Gasteiger partial charge in [-0.2, -0.15) is 0 Å². The first-order valence-corrected chi connectivity index (χ1v) is 10.4. The molecule has 1 saturated heterocycles. The number of nitrogens with one attached hydrogen (secondary N) is 2. The third-order valence-electron chi connectivity index (χ3n) is 4.58. The van der Waals surface area contributed by atoms with E-state index in [1.807, 2.05) is 42.5 Å². The summed E-state index contributed by atoms with van der Waals surface area (Å²) in [7, 11) is 3.13. The molecule has 1 aliphatic heterocycles. The van der Waals surface area contributed by atoms with Crippen molar-refractivity contribution in [2.75, 3.05) is 38.4 Å². The molecular weight excluding hydrogens is 390 g/mol. The predicted molar refractivity (Wildman–Crippen MR) is 114 cm³/mol. The van der Waals surface area contributed by atoms with Crippen molar-refractivity contribution in [2.45, 2.75) is 11.4 Å². The number of hydrogen-bond donors (Lipinski definition) is 2. The maximum atomic E-state index is 13.3. The molecule has 0 aromatic heterocycles. The van der Waals surface area contributed by atoms with Crippen LogP contribution in [0, 0.1) is 0 Å². The van der Waals surface area contributed by atoms with Gasteiger partial charge in [-0.1, -0.05) is 42.5 Å². The first kappa shape index (κ1) is 21.0. The van der Waals surface area contributed by atoms with Crippen LogP contribution in [0.2, 0.25) is 0 Å². The maximum absolute atomic E-state index is 13.3. The van der Waals surface area contributed by atoms with E-state index in [9.17, 15) is 9.59 Å². The van der Waals surface area contributed by atoms with Gasteiger partial charge in [0.25, 0.3) is 0 Å². The molecule has 8 heteroatoms. The number of anilines is 1. The Morgan fingerprint density at radius 2 is 1.83 bits per heavy atom. The zero-order valence-corrected chi connectivity index (χ0v) is 17.3. The van der Waals surface area contributed by atoms with Crippen molar-refractivity contribution in [3.63, 3.8) is 0 Å². The minimum atomic E-state index is -0.586. The summed E-state index contributed by atoms with van der Waals surface area (Å²) in [5.74, 6) is 0.880. The number of benzene rings is 2. The molecule has 0 aliphatic carbocycles. The average Bonchev–Trinajstić information content (AvgIpc) is 3.20. The van der Waals surface area contributed by atoms with Crippen LogP contribution in [-0.2, 0) is 9.53 Å². The van der Waals surface area contributed by atoms with Gasteiger partial charge >= 0.3 is 6.03 Å². The van der Waals surface area contributed by atoms with Gasteiger partial charge in [-0.05, 0) is 17.7 Å². The van der Waals surface area contributed by atoms with E-state index < -0.39 is 6.04 Å². The van der Waals surface area contributed by atoms with E-state index in [1.165, 1.54) is 0 Å². The van der Waals surface area contributed by atoms with Crippen LogP contribution in [0.15, 0.2) is 54.6 Å². The molecule has 2 unspecified atom stereocenters. The van der Waals surface area contributed by atoms with Gasteiger partial charge in [0, 0.05) is 19.4 Å². The van der Waals surface area contributed by atoms with E-state index in [1.54, 1.807) is 43.0 Å². The number of carbonyl (C=O) groups excluding carboxylic acids is 2. The van der Waals surface area contributed by atoms with Crippen molar-refractivity contribution in [1.29, 1.82) is 0 Å². The van der Waals surface area contributed by atoms with Crippen molar-refractivity contribution in [2.24, 2.45) is 0 Å². The highest BCUT2D eigenvalue weighted by molar-refractivity contribution is 7.99. The average molecular weight is 416 g/mol. The zero-order chi connectivity index (χ0) is 20.6. The summed E-state index contributed by atoms with van der Waals surface area (Å²) in [5.41, 5.74) is 1.53. The largest absolute Gasteiger partial charge is 0.495 e. The summed E-state index contributed by atoms with van der Waals surface area (Å²) in [5, 5.41) is 5.48. The first-order chi connectivity index (χ1) is 14.2. The van der Waals surface area contributed by atoms with Crippen LogP contribution in [0.1, 0.15) is 10.9 Å². The molecule has 3 rings (SSSR count). The molecule has 154 valence electrons. The van der Waals surface area contributed by atoms with Crippen molar-refractivity contribution in [3.05, 3.63) is 60.2 Å². The fraction of sp³-hybridized carbons (Fsp3) is 0.333. The highest BCUT2D eigenvalue weighted by atomic mass is 32.2. The molecule has 2 aromatic carbocycles. The minimum absolute atomic E-state index is 0.192. The van der Waals surface area contributed by atoms with Gasteiger partial charge < -0.3 is 20.1 Å². The topological polar surface area (TPSA) is 79.9 Å². The number of hydrogen-bond acceptors (Lipinski definition) is 5. The number of methoxy groups -OCH3 is 2. The molecule has 2 atom stereocenters. The second-order valence-electron chi connectivity index (χ2n) is 6.43. The molecule has 1 fully saturated rings. The maximum Gasteiger partial charge on any atom is 0.323 e. The molecule has 0 spiro atoms. The molecule has 1 heterocycles. The van der Waals surface area contributed by atoms with Crippen molar-refractivity contribution >= 4 is 29.4 Å². The second-order valence-corrected chi connectivity index (χ2v) is 7.55. The monoisotopic (exact) mass is 415 g/mol. The van der Waals surface area contributed by atoms with Gasteiger partial charge in [0.05, 0.1) is 19.4 Å². The Bertz CT molecular complexity index is 834. The second kappa shape index (κ2) is 10.2. The summed E-state index contributed by atoms with van der Waals surface area (Å²) in [6, 6.07) is 16.0. The standard InChI is InChI=1S/C21H25N3O4S/c1-27-13-12-22-19(25)17-14-29-20(15-8-4-3-5-9-15)24(17)21(26)23-16-10-6-7-11-18(16)28-2/h3-11,17,20H,12-14H2,1-2H3,(H,22,25)(H,23,26). The minimum Gasteiger partial charge on any atom is -0.495 e. The van der Waals surface area contributed by atoms with Gasteiger partial charge in [-0.15, -0.1) is 11.8 Å². The van der Waals surface area contributed by atoms with Crippen LogP contribution in [0.4, 0.5) is 10.5 Å². The lowest BCUT2D eigenvalue weighted by molar-refractivity contribution is -0.124. The van der Waals surface area contributed by atoms with Crippen LogP contribution < -0.4 is 15.4 Å². The molecule has 3 amide bonds. The summed E-state index contributed by atoms with van der Waals surface area (Å²) in [6.45, 7) is 0.815. The molecule has 29 heavy (non-hydrogen) atoms. The number of para-hydroxylation sites is 2. The lowest BCUT2D eigenvalue weighted by Gasteiger charge is -2.29. The molecule has 0 radical (unpaired) electrons. The van der Waals surface area contributed by atoms with Crippen LogP contribution >= 0.6 is 11.8 Å². The summed E-state index contributed by atoms with van der Waals surface area (Å²) >= 11 is 1.57. The van der Waals surface area contributed by atoms with Gasteiger partial charge in [0.2, 0.25) is 5.91 Å². The molecule has 2 N–H and O–H groups in total. The molecule has 0 bridgehead atoms. The number of rotatable bonds is 7. The van der Waals surface area contributed by atoms with Gasteiger partial charge in [0.15, 0.2) is 0 Å². The Hall–Kier alpha value is -2.71. The number of nitrogens with zero attached hydrogens (tertiary/aromatic N) is 1. The smallest absolute Gasteiger partial charge is 0.323 e. The third kappa shape index (κ3) is 5.02. The number of thioether (sulfide) groups is 1. The van der Waals surface area contributed by atoms with Crippen LogP contribution in [0.25, 0.3) is 0 Å². The molecule has 7 nitrogen and oxygen atoms in total. The Morgan fingerprint density at radius 1 is 1.10 bits per heavy atom. The van der Waals surface area contributed by atoms with Crippen LogP contribution in [0.5, 0.6) is 5.75 Å². The lowest BCUT2D eigenvalue weighted by atomic mass is 10.1. The Kier molecular flexibility index (Phi) is 7.37. The SMILES string of the molecule is COCCNC(=O)C1CSC(c2ccccc2)N1C(=O)Nc1ccccc1OC. The summed E-state index contributed by atoms with van der Waals surface area (Å²) in [6.07, 6.45) is 0. The lowest BCUT2D eigenvalue weighted by Crippen LogP contribution is -2.49. The molecule has 1 aliphatic rings. The van der Waals surface area contributed by atoms with Crippen LogP contribution in [0.3, 0.4) is 0 Å². The summed E-state index contributed by atoms with van der Waals surface area (Å²) in [4.78, 5) is 27.6. The van der Waals surface area contributed by atoms with E-state index in [4.69, 9.17) is 9.47 Å². The van der Waals surface area contributed by atoms with Crippen molar-refractivity contribution in [3.8, 4) is 5.75 Å². The fourth-order valence-corrected chi connectivity index (χ4v) is 4.58. The van der Waals surface area contributed by atoms with Crippen LogP contribution in [-0.4, -0.2) is 56.0 Å². The summed E-state index contributed by atoms with van der Waals surface area (Å²) < 4.78 is 10.3. The fourth-order valence-electron chi connectivity index (χ4n) is 3.15. The van der Waals surface area contributed by atoms with Gasteiger partial charge in [0.1, 0.15) is 17.2 Å². The van der Waals surface area contributed by atoms with Gasteiger partial charge in [-0.3, -0.25) is 9.69 Å². The quantitative estimate of drug-likeness (QED) is 0.680. The van der Waals surface area contributed by atoms with E-state index in [0.717, 1.165) is 5.56 Å². The number of urea groups is 1. The molecule has 0 saturated carbocycles. The van der Waals surface area contributed by atoms with Crippen molar-refractivity contribution < 1.29 is 19.1 Å². The Balaban J connectivity index is 1.84. The predicted octanol–water partition coefficient (Wildman–Crippen LogP) is 3.11. The highest BCUT2D eigenvalue weighted by Gasteiger charge is 2.42. The highest BCUT2D eigenvalue weighted by Crippen LogP contribution is 2.42. The normalized spacial score (nSPS) is 18.3. The van der Waals surface area contributed by atoms with E-state index in [-0.39, 0.29) is 17.3 Å². The molecule has 2 aromatic rings. The van der Waals surface area contributed by atoms with E-state index >= 15 is 0 Å².